The van der Waals surface area contributed by atoms with E-state index >= 15 is 0 Å². The summed E-state index contributed by atoms with van der Waals surface area (Å²) >= 11 is 3.04. The number of benzene rings is 1. The van der Waals surface area contributed by atoms with Crippen molar-refractivity contribution in [2.24, 2.45) is 5.92 Å². The molecule has 0 spiro atoms. The Morgan fingerprint density at radius 2 is 2.29 bits per heavy atom. The molecule has 1 aromatic rings. The fourth-order valence-corrected chi connectivity index (χ4v) is 1.84. The number of carbonyl (C=O) groups is 1. The quantitative estimate of drug-likeness (QED) is 0.861. The van der Waals surface area contributed by atoms with Crippen LogP contribution in [0.4, 0.5) is 4.39 Å². The standard InChI is InChI=1S/C12H12BrFN2O/c1-8(6-15)7-16(2)12(17)9-4-3-5-10(14)11(9)13/h3-5,8H,7H2,1-2H3. The third-order valence-corrected chi connectivity index (χ3v) is 3.10. The van der Waals surface area contributed by atoms with Crippen LogP contribution in [0.1, 0.15) is 17.3 Å². The average molecular weight is 299 g/mol. The molecule has 90 valence electrons. The normalized spacial score (nSPS) is 11.7. The Labute approximate surface area is 108 Å². The third kappa shape index (κ3) is 3.27. The van der Waals surface area contributed by atoms with E-state index in [4.69, 9.17) is 5.26 Å². The highest BCUT2D eigenvalue weighted by Gasteiger charge is 2.18. The Bertz CT molecular complexity index is 470. The van der Waals surface area contributed by atoms with Gasteiger partial charge in [-0.25, -0.2) is 4.39 Å². The smallest absolute Gasteiger partial charge is 0.254 e. The van der Waals surface area contributed by atoms with E-state index in [0.29, 0.717) is 6.54 Å². The first kappa shape index (κ1) is 13.7. The van der Waals surface area contributed by atoms with Crippen molar-refractivity contribution in [1.29, 1.82) is 5.26 Å². The largest absolute Gasteiger partial charge is 0.340 e. The van der Waals surface area contributed by atoms with Crippen molar-refractivity contribution in [2.45, 2.75) is 6.92 Å². The van der Waals surface area contributed by atoms with Gasteiger partial charge in [0.15, 0.2) is 0 Å². The van der Waals surface area contributed by atoms with Crippen molar-refractivity contribution in [1.82, 2.24) is 4.90 Å². The molecule has 5 heteroatoms. The van der Waals surface area contributed by atoms with Crippen LogP contribution in [0.15, 0.2) is 22.7 Å². The first-order chi connectivity index (χ1) is 7.97. The maximum atomic E-state index is 13.3. The van der Waals surface area contributed by atoms with E-state index in [2.05, 4.69) is 15.9 Å². The second kappa shape index (κ2) is 5.78. The van der Waals surface area contributed by atoms with Gasteiger partial charge in [0.25, 0.3) is 5.91 Å². The van der Waals surface area contributed by atoms with E-state index in [1.165, 1.54) is 17.0 Å². The van der Waals surface area contributed by atoms with Gasteiger partial charge in [-0.2, -0.15) is 5.26 Å². The van der Waals surface area contributed by atoms with E-state index in [1.807, 2.05) is 6.07 Å². The van der Waals surface area contributed by atoms with Crippen molar-refractivity contribution < 1.29 is 9.18 Å². The molecular formula is C12H12BrFN2O. The minimum atomic E-state index is -0.474. The first-order valence-corrected chi connectivity index (χ1v) is 5.85. The molecule has 0 aliphatic rings. The van der Waals surface area contributed by atoms with Crippen LogP contribution in [-0.4, -0.2) is 24.4 Å². The molecule has 1 aromatic carbocycles. The van der Waals surface area contributed by atoms with E-state index in [0.717, 1.165) is 0 Å². The predicted molar refractivity (Wildman–Crippen MR) is 65.8 cm³/mol. The average Bonchev–Trinajstić information content (AvgIpc) is 2.31. The van der Waals surface area contributed by atoms with Crippen molar-refractivity contribution >= 4 is 21.8 Å². The number of halogens is 2. The van der Waals surface area contributed by atoms with E-state index < -0.39 is 5.82 Å². The van der Waals surface area contributed by atoms with Gasteiger partial charge in [0.2, 0.25) is 0 Å². The highest BCUT2D eigenvalue weighted by atomic mass is 79.9. The lowest BCUT2D eigenvalue weighted by atomic mass is 10.1. The number of rotatable bonds is 3. The molecule has 0 saturated heterocycles. The lowest BCUT2D eigenvalue weighted by Gasteiger charge is -2.19. The molecule has 0 fully saturated rings. The fourth-order valence-electron chi connectivity index (χ4n) is 1.41. The van der Waals surface area contributed by atoms with Crippen LogP contribution in [0.3, 0.4) is 0 Å². The van der Waals surface area contributed by atoms with Gasteiger partial charge in [-0.15, -0.1) is 0 Å². The maximum Gasteiger partial charge on any atom is 0.254 e. The number of hydrogen-bond donors (Lipinski definition) is 0. The van der Waals surface area contributed by atoms with E-state index in [9.17, 15) is 9.18 Å². The molecular weight excluding hydrogens is 287 g/mol. The Kier molecular flexibility index (Phi) is 4.64. The molecule has 0 saturated carbocycles. The second-order valence-corrected chi connectivity index (χ2v) is 4.61. The van der Waals surface area contributed by atoms with Crippen molar-refractivity contribution in [2.75, 3.05) is 13.6 Å². The molecule has 0 N–H and O–H groups in total. The summed E-state index contributed by atoms with van der Waals surface area (Å²) in [4.78, 5) is 13.4. The molecule has 1 rings (SSSR count). The summed E-state index contributed by atoms with van der Waals surface area (Å²) in [5.41, 5.74) is 0.262. The molecule has 3 nitrogen and oxygen atoms in total. The van der Waals surface area contributed by atoms with E-state index in [1.54, 1.807) is 20.0 Å². The van der Waals surface area contributed by atoms with Crippen molar-refractivity contribution in [3.05, 3.63) is 34.1 Å². The Balaban J connectivity index is 2.90. The number of amides is 1. The Morgan fingerprint density at radius 3 is 2.88 bits per heavy atom. The lowest BCUT2D eigenvalue weighted by Crippen LogP contribution is -2.31. The molecule has 0 heterocycles. The second-order valence-electron chi connectivity index (χ2n) is 3.82. The summed E-state index contributed by atoms with van der Waals surface area (Å²) in [5, 5.41) is 8.68. The molecule has 1 atom stereocenters. The van der Waals surface area contributed by atoms with Gasteiger partial charge in [0, 0.05) is 13.6 Å². The zero-order valence-electron chi connectivity index (χ0n) is 9.58. The molecule has 0 aromatic heterocycles. The van der Waals surface area contributed by atoms with Gasteiger partial charge in [0.1, 0.15) is 5.82 Å². The Hall–Kier alpha value is -1.41. The molecule has 1 unspecified atom stereocenters. The van der Waals surface area contributed by atoms with Gasteiger partial charge < -0.3 is 4.90 Å². The molecule has 1 amide bonds. The summed E-state index contributed by atoms with van der Waals surface area (Å²) in [5.74, 6) is -1.03. The third-order valence-electron chi connectivity index (χ3n) is 2.30. The van der Waals surface area contributed by atoms with Crippen molar-refractivity contribution in [3.63, 3.8) is 0 Å². The maximum absolute atomic E-state index is 13.3. The Morgan fingerprint density at radius 1 is 1.65 bits per heavy atom. The molecule has 17 heavy (non-hydrogen) atoms. The van der Waals surface area contributed by atoms with Crippen molar-refractivity contribution in [3.8, 4) is 6.07 Å². The lowest BCUT2D eigenvalue weighted by molar-refractivity contribution is 0.0783. The fraction of sp³-hybridized carbons (Fsp3) is 0.333. The SMILES string of the molecule is CC(C#N)CN(C)C(=O)c1cccc(F)c1Br. The molecule has 0 bridgehead atoms. The van der Waals surface area contributed by atoms with Gasteiger partial charge in [-0.3, -0.25) is 4.79 Å². The highest BCUT2D eigenvalue weighted by molar-refractivity contribution is 9.10. The van der Waals surface area contributed by atoms with Crippen LogP contribution >= 0.6 is 15.9 Å². The zero-order valence-corrected chi connectivity index (χ0v) is 11.2. The number of nitriles is 1. The zero-order chi connectivity index (χ0) is 13.0. The topological polar surface area (TPSA) is 44.1 Å². The van der Waals surface area contributed by atoms with Crippen LogP contribution < -0.4 is 0 Å². The van der Waals surface area contributed by atoms with Gasteiger partial charge >= 0.3 is 0 Å². The summed E-state index contributed by atoms with van der Waals surface area (Å²) < 4.78 is 13.4. The van der Waals surface area contributed by atoms with Gasteiger partial charge in [-0.1, -0.05) is 6.07 Å². The van der Waals surface area contributed by atoms with Crippen LogP contribution in [0.2, 0.25) is 0 Å². The first-order valence-electron chi connectivity index (χ1n) is 5.06. The minimum Gasteiger partial charge on any atom is -0.340 e. The molecule has 0 aliphatic heterocycles. The summed E-state index contributed by atoms with van der Waals surface area (Å²) in [7, 11) is 1.59. The molecule has 0 radical (unpaired) electrons. The monoisotopic (exact) mass is 298 g/mol. The number of carbonyl (C=O) groups excluding carboxylic acids is 1. The van der Waals surface area contributed by atoms with Crippen LogP contribution in [-0.2, 0) is 0 Å². The van der Waals surface area contributed by atoms with Crippen LogP contribution in [0, 0.1) is 23.1 Å². The number of nitrogens with zero attached hydrogens (tertiary/aromatic N) is 2. The van der Waals surface area contributed by atoms with E-state index in [-0.39, 0.29) is 21.9 Å². The van der Waals surface area contributed by atoms with Gasteiger partial charge in [0.05, 0.1) is 22.0 Å². The minimum absolute atomic E-state index is 0.154. The number of hydrogen-bond acceptors (Lipinski definition) is 2. The summed E-state index contributed by atoms with van der Waals surface area (Å²) in [6.45, 7) is 2.04. The highest BCUT2D eigenvalue weighted by Crippen LogP contribution is 2.21. The summed E-state index contributed by atoms with van der Waals surface area (Å²) in [6, 6.07) is 6.35. The summed E-state index contributed by atoms with van der Waals surface area (Å²) in [6.07, 6.45) is 0. The van der Waals surface area contributed by atoms with Gasteiger partial charge in [-0.05, 0) is 35.0 Å². The van der Waals surface area contributed by atoms with Crippen LogP contribution in [0.25, 0.3) is 0 Å². The predicted octanol–water partition coefficient (Wildman–Crippen LogP) is 2.82. The molecule has 0 aliphatic carbocycles. The van der Waals surface area contributed by atoms with Crippen LogP contribution in [0.5, 0.6) is 0 Å².